The highest BCUT2D eigenvalue weighted by atomic mass is 16.2. The molecule has 0 saturated carbocycles. The van der Waals surface area contributed by atoms with Crippen LogP contribution in [0.2, 0.25) is 0 Å². The molecule has 1 fully saturated rings. The summed E-state index contributed by atoms with van der Waals surface area (Å²) in [5.74, 6) is 0.402. The summed E-state index contributed by atoms with van der Waals surface area (Å²) < 4.78 is 0. The van der Waals surface area contributed by atoms with Crippen LogP contribution in [0.4, 0.5) is 0 Å². The van der Waals surface area contributed by atoms with Crippen molar-refractivity contribution in [3.63, 3.8) is 0 Å². The minimum atomic E-state index is 0.0607. The summed E-state index contributed by atoms with van der Waals surface area (Å²) in [6, 6.07) is 0.426. The molecule has 1 aliphatic heterocycles. The first kappa shape index (κ1) is 12.5. The monoisotopic (exact) mass is 212 g/mol. The summed E-state index contributed by atoms with van der Waals surface area (Å²) in [5.41, 5.74) is 0.0607. The Morgan fingerprint density at radius 1 is 1.47 bits per heavy atom. The first-order valence-corrected chi connectivity index (χ1v) is 5.84. The van der Waals surface area contributed by atoms with Gasteiger partial charge in [0.1, 0.15) is 0 Å². The molecule has 1 N–H and O–H groups in total. The zero-order valence-electron chi connectivity index (χ0n) is 10.6. The van der Waals surface area contributed by atoms with Gasteiger partial charge in [0.25, 0.3) is 0 Å². The normalized spacial score (nSPS) is 25.1. The third-order valence-electron chi connectivity index (χ3n) is 3.35. The molecule has 1 heterocycles. The third kappa shape index (κ3) is 3.20. The van der Waals surface area contributed by atoms with Crippen molar-refractivity contribution in [1.82, 2.24) is 10.2 Å². The minimum absolute atomic E-state index is 0.0607. The van der Waals surface area contributed by atoms with Crippen molar-refractivity contribution in [3.8, 4) is 0 Å². The van der Waals surface area contributed by atoms with Gasteiger partial charge in [0.15, 0.2) is 0 Å². The fraction of sp³-hybridized carbons (Fsp3) is 0.917. The van der Waals surface area contributed by atoms with Gasteiger partial charge in [0.2, 0.25) is 5.91 Å². The molecule has 1 aliphatic rings. The molecule has 2 unspecified atom stereocenters. The average Bonchev–Trinajstić information content (AvgIpc) is 2.14. The highest BCUT2D eigenvalue weighted by molar-refractivity contribution is 5.79. The molecular formula is C12H24N2O. The first-order chi connectivity index (χ1) is 6.82. The first-order valence-electron chi connectivity index (χ1n) is 5.84. The largest absolute Gasteiger partial charge is 0.340 e. The number of nitrogens with zero attached hydrogens (tertiary/aromatic N) is 1. The number of hydrogen-bond donors (Lipinski definition) is 1. The smallest absolute Gasteiger partial charge is 0.226 e. The molecule has 0 aromatic carbocycles. The van der Waals surface area contributed by atoms with Crippen LogP contribution in [-0.2, 0) is 4.79 Å². The molecule has 15 heavy (non-hydrogen) atoms. The van der Waals surface area contributed by atoms with E-state index in [0.717, 1.165) is 19.6 Å². The second-order valence-electron chi connectivity index (χ2n) is 5.73. The van der Waals surface area contributed by atoms with Gasteiger partial charge in [-0.1, -0.05) is 27.7 Å². The van der Waals surface area contributed by atoms with Crippen LogP contribution in [-0.4, -0.2) is 36.5 Å². The standard InChI is InChI=1S/C12H24N2O/c1-9-8-14(7-6-13-9)11(15)10(2)12(3,4)5/h9-10,13H,6-8H2,1-5H3. The quantitative estimate of drug-likeness (QED) is 0.714. The minimum Gasteiger partial charge on any atom is -0.340 e. The second kappa shape index (κ2) is 4.52. The highest BCUT2D eigenvalue weighted by Gasteiger charge is 2.31. The van der Waals surface area contributed by atoms with Gasteiger partial charge in [-0.3, -0.25) is 4.79 Å². The van der Waals surface area contributed by atoms with E-state index in [2.05, 4.69) is 33.0 Å². The van der Waals surface area contributed by atoms with Crippen molar-refractivity contribution in [2.75, 3.05) is 19.6 Å². The van der Waals surface area contributed by atoms with E-state index in [0.29, 0.717) is 11.9 Å². The lowest BCUT2D eigenvalue weighted by Crippen LogP contribution is -2.53. The molecule has 3 heteroatoms. The molecule has 0 bridgehead atoms. The van der Waals surface area contributed by atoms with Gasteiger partial charge in [0.05, 0.1) is 0 Å². The maximum absolute atomic E-state index is 12.2. The molecule has 88 valence electrons. The van der Waals surface area contributed by atoms with E-state index in [1.54, 1.807) is 0 Å². The van der Waals surface area contributed by atoms with Crippen molar-refractivity contribution in [1.29, 1.82) is 0 Å². The third-order valence-corrected chi connectivity index (χ3v) is 3.35. The Hall–Kier alpha value is -0.570. The Kier molecular flexibility index (Phi) is 3.77. The summed E-state index contributed by atoms with van der Waals surface area (Å²) in [5, 5.41) is 3.35. The molecule has 0 aromatic rings. The van der Waals surface area contributed by atoms with E-state index in [-0.39, 0.29) is 11.3 Å². The van der Waals surface area contributed by atoms with Crippen molar-refractivity contribution >= 4 is 5.91 Å². The Morgan fingerprint density at radius 3 is 2.53 bits per heavy atom. The lowest BCUT2D eigenvalue weighted by molar-refractivity contribution is -0.139. The van der Waals surface area contributed by atoms with Crippen LogP contribution in [0.25, 0.3) is 0 Å². The predicted octanol–water partition coefficient (Wildman–Crippen LogP) is 1.49. The zero-order chi connectivity index (χ0) is 11.6. The maximum atomic E-state index is 12.2. The van der Waals surface area contributed by atoms with Gasteiger partial charge < -0.3 is 10.2 Å². The molecule has 0 aromatic heterocycles. The SMILES string of the molecule is CC1CN(C(=O)C(C)C(C)(C)C)CCN1. The molecule has 1 saturated heterocycles. The van der Waals surface area contributed by atoms with Gasteiger partial charge in [0, 0.05) is 31.6 Å². The summed E-state index contributed by atoms with van der Waals surface area (Å²) >= 11 is 0. The molecule has 0 radical (unpaired) electrons. The van der Waals surface area contributed by atoms with Crippen LogP contribution in [0.5, 0.6) is 0 Å². The Labute approximate surface area is 93.2 Å². The number of carbonyl (C=O) groups is 1. The zero-order valence-corrected chi connectivity index (χ0v) is 10.6. The van der Waals surface area contributed by atoms with Crippen molar-refractivity contribution in [2.24, 2.45) is 11.3 Å². The van der Waals surface area contributed by atoms with E-state index < -0.39 is 0 Å². The van der Waals surface area contributed by atoms with Crippen LogP contribution in [0, 0.1) is 11.3 Å². The Morgan fingerprint density at radius 2 is 2.07 bits per heavy atom. The lowest BCUT2D eigenvalue weighted by Gasteiger charge is -2.37. The molecule has 1 amide bonds. The molecule has 1 rings (SSSR count). The number of rotatable bonds is 1. The second-order valence-corrected chi connectivity index (χ2v) is 5.73. The van der Waals surface area contributed by atoms with Crippen LogP contribution in [0.1, 0.15) is 34.6 Å². The topological polar surface area (TPSA) is 32.3 Å². The van der Waals surface area contributed by atoms with Crippen LogP contribution >= 0.6 is 0 Å². The van der Waals surface area contributed by atoms with Crippen molar-refractivity contribution in [3.05, 3.63) is 0 Å². The fourth-order valence-electron chi connectivity index (χ4n) is 1.78. The molecule has 0 spiro atoms. The number of hydrogen-bond acceptors (Lipinski definition) is 2. The maximum Gasteiger partial charge on any atom is 0.226 e. The number of amides is 1. The summed E-state index contributed by atoms with van der Waals surface area (Å²) in [4.78, 5) is 14.2. The van der Waals surface area contributed by atoms with Crippen molar-refractivity contribution < 1.29 is 4.79 Å². The van der Waals surface area contributed by atoms with Crippen LogP contribution < -0.4 is 5.32 Å². The van der Waals surface area contributed by atoms with Gasteiger partial charge in [-0.2, -0.15) is 0 Å². The van der Waals surface area contributed by atoms with E-state index in [1.807, 2.05) is 11.8 Å². The van der Waals surface area contributed by atoms with E-state index in [9.17, 15) is 4.79 Å². The highest BCUT2D eigenvalue weighted by Crippen LogP contribution is 2.27. The molecule has 0 aliphatic carbocycles. The van der Waals surface area contributed by atoms with E-state index in [4.69, 9.17) is 0 Å². The van der Waals surface area contributed by atoms with Gasteiger partial charge in [-0.15, -0.1) is 0 Å². The Balaban J connectivity index is 2.60. The van der Waals surface area contributed by atoms with Crippen LogP contribution in [0.3, 0.4) is 0 Å². The lowest BCUT2D eigenvalue weighted by atomic mass is 9.81. The summed E-state index contributed by atoms with van der Waals surface area (Å²) in [6.45, 7) is 13.2. The molecule has 2 atom stereocenters. The van der Waals surface area contributed by atoms with Gasteiger partial charge in [-0.25, -0.2) is 0 Å². The van der Waals surface area contributed by atoms with Gasteiger partial charge in [-0.05, 0) is 12.3 Å². The van der Waals surface area contributed by atoms with E-state index >= 15 is 0 Å². The summed E-state index contributed by atoms with van der Waals surface area (Å²) in [7, 11) is 0. The van der Waals surface area contributed by atoms with E-state index in [1.165, 1.54) is 0 Å². The fourth-order valence-corrected chi connectivity index (χ4v) is 1.78. The number of carbonyl (C=O) groups excluding carboxylic acids is 1. The predicted molar refractivity (Wildman–Crippen MR) is 62.7 cm³/mol. The Bertz CT molecular complexity index is 232. The van der Waals surface area contributed by atoms with Crippen molar-refractivity contribution in [2.45, 2.75) is 40.7 Å². The average molecular weight is 212 g/mol. The number of piperazine rings is 1. The van der Waals surface area contributed by atoms with Crippen LogP contribution in [0.15, 0.2) is 0 Å². The number of nitrogens with one attached hydrogen (secondary N) is 1. The van der Waals surface area contributed by atoms with Gasteiger partial charge >= 0.3 is 0 Å². The molecular weight excluding hydrogens is 188 g/mol. The summed E-state index contributed by atoms with van der Waals surface area (Å²) in [6.07, 6.45) is 0. The molecule has 3 nitrogen and oxygen atoms in total.